The summed E-state index contributed by atoms with van der Waals surface area (Å²) in [4.78, 5) is 0. The lowest BCUT2D eigenvalue weighted by atomic mass is 9.90. The van der Waals surface area contributed by atoms with Gasteiger partial charge in [-0.3, -0.25) is 0 Å². The van der Waals surface area contributed by atoms with E-state index in [1.165, 1.54) is 24.0 Å². The van der Waals surface area contributed by atoms with Gasteiger partial charge in [0, 0.05) is 6.04 Å². The lowest BCUT2D eigenvalue weighted by Gasteiger charge is -2.25. The molecule has 96 valence electrons. The molecule has 1 heteroatoms. The molecule has 1 nitrogen and oxygen atoms in total. The fourth-order valence-corrected chi connectivity index (χ4v) is 2.50. The van der Waals surface area contributed by atoms with Gasteiger partial charge in [-0.05, 0) is 36.4 Å². The third-order valence-corrected chi connectivity index (χ3v) is 3.46. The Morgan fingerprint density at radius 2 is 1.94 bits per heavy atom. The van der Waals surface area contributed by atoms with Gasteiger partial charge in [0.25, 0.3) is 0 Å². The van der Waals surface area contributed by atoms with Gasteiger partial charge >= 0.3 is 0 Å². The quantitative estimate of drug-likeness (QED) is 0.739. The molecule has 0 fully saturated rings. The summed E-state index contributed by atoms with van der Waals surface area (Å²) in [6, 6.07) is 9.54. The van der Waals surface area contributed by atoms with Crippen LogP contribution in [0.4, 0.5) is 0 Å². The predicted octanol–water partition coefficient (Wildman–Crippen LogP) is 4.34. The molecule has 1 aromatic carbocycles. The van der Waals surface area contributed by atoms with Crippen molar-refractivity contribution in [3.63, 3.8) is 0 Å². The molecule has 0 aliphatic rings. The third kappa shape index (κ3) is 4.16. The molecule has 1 N–H and O–H groups in total. The first-order valence-corrected chi connectivity index (χ1v) is 7.05. The molecule has 0 amide bonds. The Hall–Kier alpha value is -0.820. The summed E-state index contributed by atoms with van der Waals surface area (Å²) in [6.07, 6.45) is 3.67. The normalized spacial score (nSPS) is 14.6. The Bertz CT molecular complexity index is 319. The summed E-state index contributed by atoms with van der Waals surface area (Å²) >= 11 is 0. The Balaban J connectivity index is 2.87. The number of benzene rings is 1. The zero-order chi connectivity index (χ0) is 12.7. The standard InChI is InChI=1S/C16H27N/c1-5-9-13(4)16(17-7-3)15-11-8-10-14(6-2)12-15/h8,10-13,16-17H,5-7,9H2,1-4H3. The molecule has 2 unspecified atom stereocenters. The highest BCUT2D eigenvalue weighted by Crippen LogP contribution is 2.26. The molecule has 17 heavy (non-hydrogen) atoms. The second kappa shape index (κ2) is 7.50. The summed E-state index contributed by atoms with van der Waals surface area (Å²) in [5.74, 6) is 0.701. The zero-order valence-corrected chi connectivity index (χ0v) is 11.8. The van der Waals surface area contributed by atoms with Gasteiger partial charge in [0.2, 0.25) is 0 Å². The van der Waals surface area contributed by atoms with Crippen LogP contribution in [-0.2, 0) is 6.42 Å². The molecular weight excluding hydrogens is 206 g/mol. The highest BCUT2D eigenvalue weighted by Gasteiger charge is 2.17. The molecule has 0 aliphatic carbocycles. The van der Waals surface area contributed by atoms with E-state index in [1.54, 1.807) is 0 Å². The molecule has 1 rings (SSSR count). The second-order valence-corrected chi connectivity index (χ2v) is 4.90. The second-order valence-electron chi connectivity index (χ2n) is 4.90. The Morgan fingerprint density at radius 1 is 1.18 bits per heavy atom. The molecular formula is C16H27N. The minimum absolute atomic E-state index is 0.506. The molecule has 0 saturated carbocycles. The van der Waals surface area contributed by atoms with E-state index < -0.39 is 0 Å². The molecule has 0 heterocycles. The third-order valence-electron chi connectivity index (χ3n) is 3.46. The number of hydrogen-bond acceptors (Lipinski definition) is 1. The van der Waals surface area contributed by atoms with Crippen LogP contribution in [0.5, 0.6) is 0 Å². The van der Waals surface area contributed by atoms with Crippen molar-refractivity contribution in [2.45, 2.75) is 53.0 Å². The number of rotatable bonds is 7. The maximum Gasteiger partial charge on any atom is 0.0346 e. The van der Waals surface area contributed by atoms with Gasteiger partial charge < -0.3 is 5.32 Å². The van der Waals surface area contributed by atoms with Gasteiger partial charge in [-0.15, -0.1) is 0 Å². The minimum Gasteiger partial charge on any atom is -0.310 e. The first-order valence-electron chi connectivity index (χ1n) is 7.05. The van der Waals surface area contributed by atoms with Gasteiger partial charge in [-0.25, -0.2) is 0 Å². The van der Waals surface area contributed by atoms with Gasteiger partial charge in [-0.1, -0.05) is 58.4 Å². The van der Waals surface area contributed by atoms with Crippen LogP contribution in [0.15, 0.2) is 24.3 Å². The van der Waals surface area contributed by atoms with Crippen LogP contribution in [0, 0.1) is 5.92 Å². The van der Waals surface area contributed by atoms with E-state index in [9.17, 15) is 0 Å². The van der Waals surface area contributed by atoms with Crippen molar-refractivity contribution in [2.75, 3.05) is 6.54 Å². The average molecular weight is 233 g/mol. The Kier molecular flexibility index (Phi) is 6.28. The molecule has 0 saturated heterocycles. The van der Waals surface area contributed by atoms with Gasteiger partial charge in [0.05, 0.1) is 0 Å². The van der Waals surface area contributed by atoms with Crippen LogP contribution in [0.2, 0.25) is 0 Å². The van der Waals surface area contributed by atoms with Crippen molar-refractivity contribution >= 4 is 0 Å². The molecule has 2 atom stereocenters. The highest BCUT2D eigenvalue weighted by atomic mass is 14.9. The number of hydrogen-bond donors (Lipinski definition) is 1. The van der Waals surface area contributed by atoms with Gasteiger partial charge in [0.15, 0.2) is 0 Å². The van der Waals surface area contributed by atoms with Crippen molar-refractivity contribution in [2.24, 2.45) is 5.92 Å². The van der Waals surface area contributed by atoms with Crippen LogP contribution in [0.25, 0.3) is 0 Å². The topological polar surface area (TPSA) is 12.0 Å². The minimum atomic E-state index is 0.506. The summed E-state index contributed by atoms with van der Waals surface area (Å²) in [6.45, 7) is 10.1. The molecule has 1 aromatic rings. The Morgan fingerprint density at radius 3 is 2.53 bits per heavy atom. The Labute approximate surface area is 107 Å². The fourth-order valence-electron chi connectivity index (χ4n) is 2.50. The smallest absolute Gasteiger partial charge is 0.0346 e. The maximum absolute atomic E-state index is 3.63. The highest BCUT2D eigenvalue weighted by molar-refractivity contribution is 5.26. The fraction of sp³-hybridized carbons (Fsp3) is 0.625. The SMILES string of the molecule is CCCC(C)C(NCC)c1cccc(CC)c1. The van der Waals surface area contributed by atoms with E-state index in [2.05, 4.69) is 57.3 Å². The monoisotopic (exact) mass is 233 g/mol. The summed E-state index contributed by atoms with van der Waals surface area (Å²) < 4.78 is 0. The van der Waals surface area contributed by atoms with Crippen LogP contribution in [-0.4, -0.2) is 6.54 Å². The van der Waals surface area contributed by atoms with E-state index in [4.69, 9.17) is 0 Å². The average Bonchev–Trinajstić information content (AvgIpc) is 2.36. The van der Waals surface area contributed by atoms with E-state index in [1.807, 2.05) is 0 Å². The van der Waals surface area contributed by atoms with E-state index in [0.29, 0.717) is 12.0 Å². The molecule has 0 spiro atoms. The molecule has 0 radical (unpaired) electrons. The zero-order valence-electron chi connectivity index (χ0n) is 11.8. The number of aryl methyl sites for hydroxylation is 1. The lowest BCUT2D eigenvalue weighted by Crippen LogP contribution is -2.26. The molecule has 0 aliphatic heterocycles. The van der Waals surface area contributed by atoms with Crippen molar-refractivity contribution in [1.29, 1.82) is 0 Å². The van der Waals surface area contributed by atoms with Crippen molar-refractivity contribution in [1.82, 2.24) is 5.32 Å². The predicted molar refractivity (Wildman–Crippen MR) is 76.3 cm³/mol. The van der Waals surface area contributed by atoms with E-state index in [-0.39, 0.29) is 0 Å². The van der Waals surface area contributed by atoms with E-state index in [0.717, 1.165) is 13.0 Å². The molecule has 0 bridgehead atoms. The van der Waals surface area contributed by atoms with Crippen molar-refractivity contribution < 1.29 is 0 Å². The first-order chi connectivity index (χ1) is 8.22. The summed E-state index contributed by atoms with van der Waals surface area (Å²) in [5, 5.41) is 3.63. The number of nitrogens with one attached hydrogen (secondary N) is 1. The largest absolute Gasteiger partial charge is 0.310 e. The van der Waals surface area contributed by atoms with Crippen LogP contribution >= 0.6 is 0 Å². The summed E-state index contributed by atoms with van der Waals surface area (Å²) in [5.41, 5.74) is 2.89. The van der Waals surface area contributed by atoms with Gasteiger partial charge in [-0.2, -0.15) is 0 Å². The maximum atomic E-state index is 3.63. The van der Waals surface area contributed by atoms with E-state index >= 15 is 0 Å². The van der Waals surface area contributed by atoms with Crippen LogP contribution in [0.3, 0.4) is 0 Å². The van der Waals surface area contributed by atoms with Crippen molar-refractivity contribution in [3.8, 4) is 0 Å². The van der Waals surface area contributed by atoms with Crippen LogP contribution < -0.4 is 5.32 Å². The lowest BCUT2D eigenvalue weighted by molar-refractivity contribution is 0.369. The van der Waals surface area contributed by atoms with Crippen molar-refractivity contribution in [3.05, 3.63) is 35.4 Å². The molecule has 0 aromatic heterocycles. The van der Waals surface area contributed by atoms with Gasteiger partial charge in [0.1, 0.15) is 0 Å². The van der Waals surface area contributed by atoms with Crippen LogP contribution in [0.1, 0.15) is 57.7 Å². The first kappa shape index (κ1) is 14.2. The summed E-state index contributed by atoms with van der Waals surface area (Å²) in [7, 11) is 0.